The summed E-state index contributed by atoms with van der Waals surface area (Å²) < 4.78 is 27.4. The molecular weight excluding hydrogens is 438 g/mol. The molecule has 2 aromatic rings. The van der Waals surface area contributed by atoms with E-state index in [2.05, 4.69) is 19.2 Å². The van der Waals surface area contributed by atoms with Crippen molar-refractivity contribution in [1.82, 2.24) is 14.5 Å². The Bertz CT molecular complexity index is 1090. The SMILES string of the molecule is CC(C)c1ccc(S(=O)(=O)N2CCN(C(=O)c3ccc(C(=O)NC(C)(C)C)cc3)CC2)cc1. The van der Waals surface area contributed by atoms with Crippen LogP contribution in [0, 0.1) is 0 Å². The van der Waals surface area contributed by atoms with E-state index in [1.807, 2.05) is 32.9 Å². The van der Waals surface area contributed by atoms with Crippen molar-refractivity contribution >= 4 is 21.8 Å². The lowest BCUT2D eigenvalue weighted by molar-refractivity contribution is 0.0697. The van der Waals surface area contributed by atoms with Crippen LogP contribution in [0.15, 0.2) is 53.4 Å². The van der Waals surface area contributed by atoms with Crippen LogP contribution in [0.2, 0.25) is 0 Å². The fourth-order valence-corrected chi connectivity index (χ4v) is 5.09. The Morgan fingerprint density at radius 1 is 0.848 bits per heavy atom. The number of hydrogen-bond acceptors (Lipinski definition) is 4. The average molecular weight is 472 g/mol. The third kappa shape index (κ3) is 6.00. The first-order valence-electron chi connectivity index (χ1n) is 11.2. The minimum absolute atomic E-state index is 0.170. The van der Waals surface area contributed by atoms with Gasteiger partial charge in [-0.1, -0.05) is 26.0 Å². The molecule has 1 aliphatic heterocycles. The Morgan fingerprint density at radius 3 is 1.85 bits per heavy atom. The number of rotatable bonds is 5. The number of benzene rings is 2. The lowest BCUT2D eigenvalue weighted by atomic mass is 10.0. The molecule has 0 aliphatic carbocycles. The molecule has 178 valence electrons. The molecular formula is C25H33N3O4S. The molecule has 3 rings (SSSR count). The second-order valence-corrected chi connectivity index (χ2v) is 11.6. The van der Waals surface area contributed by atoms with Crippen LogP contribution in [0.3, 0.4) is 0 Å². The first kappa shape index (κ1) is 24.9. The standard InChI is InChI=1S/C25H33N3O4S/c1-18(2)19-10-12-22(13-11-19)33(31,32)28-16-14-27(15-17-28)24(30)21-8-6-20(7-9-21)23(29)26-25(3,4)5/h6-13,18H,14-17H2,1-5H3,(H,26,29). The molecule has 0 bridgehead atoms. The molecule has 0 unspecified atom stereocenters. The summed E-state index contributed by atoms with van der Waals surface area (Å²) in [6.45, 7) is 11.0. The Balaban J connectivity index is 1.62. The van der Waals surface area contributed by atoms with Gasteiger partial charge in [-0.25, -0.2) is 8.42 Å². The van der Waals surface area contributed by atoms with Crippen LogP contribution in [0.1, 0.15) is 66.8 Å². The normalized spacial score (nSPS) is 15.5. The topological polar surface area (TPSA) is 86.8 Å². The summed E-state index contributed by atoms with van der Waals surface area (Å²) in [7, 11) is -3.60. The Labute approximate surface area is 196 Å². The number of nitrogens with zero attached hydrogens (tertiary/aromatic N) is 2. The van der Waals surface area contributed by atoms with Gasteiger partial charge in [0.1, 0.15) is 0 Å². The maximum Gasteiger partial charge on any atom is 0.253 e. The quantitative estimate of drug-likeness (QED) is 0.723. The van der Waals surface area contributed by atoms with Crippen molar-refractivity contribution in [1.29, 1.82) is 0 Å². The van der Waals surface area contributed by atoms with Crippen molar-refractivity contribution in [3.8, 4) is 0 Å². The number of piperazine rings is 1. The van der Waals surface area contributed by atoms with Gasteiger partial charge < -0.3 is 10.2 Å². The van der Waals surface area contributed by atoms with Crippen molar-refractivity contribution in [3.63, 3.8) is 0 Å². The summed E-state index contributed by atoms with van der Waals surface area (Å²) in [5.74, 6) is -0.0314. The summed E-state index contributed by atoms with van der Waals surface area (Å²) in [6, 6.07) is 13.6. The summed E-state index contributed by atoms with van der Waals surface area (Å²) in [5, 5.41) is 2.89. The maximum absolute atomic E-state index is 13.0. The van der Waals surface area contributed by atoms with Crippen molar-refractivity contribution in [3.05, 3.63) is 65.2 Å². The monoisotopic (exact) mass is 471 g/mol. The Hall–Kier alpha value is -2.71. The largest absolute Gasteiger partial charge is 0.347 e. The molecule has 0 radical (unpaired) electrons. The summed E-state index contributed by atoms with van der Waals surface area (Å²) in [4.78, 5) is 27.1. The number of carbonyl (C=O) groups excluding carboxylic acids is 2. The van der Waals surface area contributed by atoms with Gasteiger partial charge in [-0.05, 0) is 68.7 Å². The predicted octanol–water partition coefficient (Wildman–Crippen LogP) is 3.49. The van der Waals surface area contributed by atoms with Crippen LogP contribution in [0.5, 0.6) is 0 Å². The van der Waals surface area contributed by atoms with Crippen LogP contribution in [0.25, 0.3) is 0 Å². The van der Waals surface area contributed by atoms with E-state index in [0.717, 1.165) is 5.56 Å². The van der Waals surface area contributed by atoms with Gasteiger partial charge in [-0.2, -0.15) is 4.31 Å². The first-order valence-corrected chi connectivity index (χ1v) is 12.6. The van der Waals surface area contributed by atoms with Gasteiger partial charge in [-0.3, -0.25) is 9.59 Å². The Kier molecular flexibility index (Phi) is 7.29. The van der Waals surface area contributed by atoms with E-state index >= 15 is 0 Å². The molecule has 7 nitrogen and oxygen atoms in total. The number of amides is 2. The van der Waals surface area contributed by atoms with E-state index in [1.54, 1.807) is 41.3 Å². The van der Waals surface area contributed by atoms with E-state index in [9.17, 15) is 18.0 Å². The molecule has 2 aromatic carbocycles. The highest BCUT2D eigenvalue weighted by Gasteiger charge is 2.30. The number of hydrogen-bond donors (Lipinski definition) is 1. The van der Waals surface area contributed by atoms with Gasteiger partial charge in [0.15, 0.2) is 0 Å². The van der Waals surface area contributed by atoms with Crippen LogP contribution in [-0.4, -0.2) is 61.2 Å². The molecule has 1 saturated heterocycles. The molecule has 1 N–H and O–H groups in total. The fraction of sp³-hybridized carbons (Fsp3) is 0.440. The molecule has 2 amide bonds. The molecule has 8 heteroatoms. The van der Waals surface area contributed by atoms with Gasteiger partial charge in [-0.15, -0.1) is 0 Å². The van der Waals surface area contributed by atoms with Crippen LogP contribution >= 0.6 is 0 Å². The molecule has 1 aliphatic rings. The predicted molar refractivity (Wildman–Crippen MR) is 129 cm³/mol. The van der Waals surface area contributed by atoms with E-state index in [4.69, 9.17) is 0 Å². The zero-order chi connectivity index (χ0) is 24.4. The fourth-order valence-electron chi connectivity index (χ4n) is 3.66. The highest BCUT2D eigenvalue weighted by Crippen LogP contribution is 2.22. The number of carbonyl (C=O) groups is 2. The minimum Gasteiger partial charge on any atom is -0.347 e. The zero-order valence-electron chi connectivity index (χ0n) is 20.0. The molecule has 0 atom stereocenters. The van der Waals surface area contributed by atoms with Gasteiger partial charge in [0.25, 0.3) is 11.8 Å². The third-order valence-electron chi connectivity index (χ3n) is 5.59. The second kappa shape index (κ2) is 9.65. The highest BCUT2D eigenvalue weighted by atomic mass is 32.2. The maximum atomic E-state index is 13.0. The molecule has 0 aromatic heterocycles. The van der Waals surface area contributed by atoms with Gasteiger partial charge in [0.2, 0.25) is 10.0 Å². The molecule has 0 saturated carbocycles. The van der Waals surface area contributed by atoms with Crippen molar-refractivity contribution in [2.45, 2.75) is 51.0 Å². The van der Waals surface area contributed by atoms with Gasteiger partial charge in [0.05, 0.1) is 4.90 Å². The van der Waals surface area contributed by atoms with Crippen molar-refractivity contribution < 1.29 is 18.0 Å². The van der Waals surface area contributed by atoms with Crippen LogP contribution in [0.4, 0.5) is 0 Å². The second-order valence-electron chi connectivity index (χ2n) is 9.70. The van der Waals surface area contributed by atoms with E-state index in [-0.39, 0.29) is 35.3 Å². The van der Waals surface area contributed by atoms with Crippen LogP contribution < -0.4 is 5.32 Å². The van der Waals surface area contributed by atoms with Gasteiger partial charge >= 0.3 is 0 Å². The first-order chi connectivity index (χ1) is 15.4. The number of sulfonamides is 1. The molecule has 1 fully saturated rings. The zero-order valence-corrected chi connectivity index (χ0v) is 20.8. The van der Waals surface area contributed by atoms with Gasteiger partial charge in [0, 0.05) is 42.8 Å². The van der Waals surface area contributed by atoms with Crippen molar-refractivity contribution in [2.24, 2.45) is 0 Å². The molecule has 0 spiro atoms. The lowest BCUT2D eigenvalue weighted by Gasteiger charge is -2.34. The lowest BCUT2D eigenvalue weighted by Crippen LogP contribution is -2.50. The van der Waals surface area contributed by atoms with E-state index < -0.39 is 10.0 Å². The molecule has 1 heterocycles. The summed E-state index contributed by atoms with van der Waals surface area (Å²) in [5.41, 5.74) is 1.71. The van der Waals surface area contributed by atoms with Crippen LogP contribution in [-0.2, 0) is 10.0 Å². The third-order valence-corrected chi connectivity index (χ3v) is 7.51. The average Bonchev–Trinajstić information content (AvgIpc) is 2.77. The van der Waals surface area contributed by atoms with E-state index in [1.165, 1.54) is 4.31 Å². The smallest absolute Gasteiger partial charge is 0.253 e. The Morgan fingerprint density at radius 2 is 1.36 bits per heavy atom. The molecule has 33 heavy (non-hydrogen) atoms. The summed E-state index contributed by atoms with van der Waals surface area (Å²) >= 11 is 0. The van der Waals surface area contributed by atoms with E-state index in [0.29, 0.717) is 30.1 Å². The number of nitrogens with one attached hydrogen (secondary N) is 1. The minimum atomic E-state index is -3.60. The summed E-state index contributed by atoms with van der Waals surface area (Å²) in [6.07, 6.45) is 0. The highest BCUT2D eigenvalue weighted by molar-refractivity contribution is 7.89. The van der Waals surface area contributed by atoms with Crippen molar-refractivity contribution in [2.75, 3.05) is 26.2 Å².